The number of benzene rings is 1. The molecule has 17 heavy (non-hydrogen) atoms. The van der Waals surface area contributed by atoms with Gasteiger partial charge in [-0.1, -0.05) is 23.4 Å². The van der Waals surface area contributed by atoms with Gasteiger partial charge in [0.15, 0.2) is 0 Å². The lowest BCUT2D eigenvalue weighted by Crippen LogP contribution is -2.12. The van der Waals surface area contributed by atoms with Gasteiger partial charge in [0, 0.05) is 21.7 Å². The summed E-state index contributed by atoms with van der Waals surface area (Å²) in [4.78, 5) is 5.24. The molecule has 0 radical (unpaired) electrons. The maximum Gasteiger partial charge on any atom is 0.125 e. The molecular weight excluding hydrogens is 254 g/mol. The number of hydrogen-bond acceptors (Lipinski definition) is 3. The zero-order valence-electron chi connectivity index (χ0n) is 8.85. The molecule has 0 fully saturated rings. The molecular formula is C12H10ClN3S. The van der Waals surface area contributed by atoms with Crippen LogP contribution in [-0.4, -0.2) is 10.8 Å². The highest BCUT2D eigenvalue weighted by Crippen LogP contribution is 2.29. The zero-order valence-corrected chi connectivity index (χ0v) is 10.4. The van der Waals surface area contributed by atoms with Crippen molar-refractivity contribution in [3.8, 4) is 0 Å². The van der Waals surface area contributed by atoms with Crippen LogP contribution in [-0.2, 0) is 0 Å². The number of hydrogen-bond donors (Lipinski definition) is 2. The van der Waals surface area contributed by atoms with E-state index in [4.69, 9.17) is 22.7 Å². The minimum absolute atomic E-state index is 0.0227. The molecule has 3 nitrogen and oxygen atoms in total. The van der Waals surface area contributed by atoms with Crippen molar-refractivity contribution < 1.29 is 0 Å². The van der Waals surface area contributed by atoms with Crippen LogP contribution >= 0.6 is 23.4 Å². The van der Waals surface area contributed by atoms with Crippen LogP contribution in [0.25, 0.3) is 0 Å². The average molecular weight is 264 g/mol. The van der Waals surface area contributed by atoms with Crippen LogP contribution in [0.3, 0.4) is 0 Å². The van der Waals surface area contributed by atoms with Gasteiger partial charge in [0.2, 0.25) is 0 Å². The van der Waals surface area contributed by atoms with Crippen LogP contribution in [0, 0.1) is 5.41 Å². The predicted molar refractivity (Wildman–Crippen MR) is 70.8 cm³/mol. The molecule has 0 unspecified atom stereocenters. The number of pyridine rings is 1. The Balaban J connectivity index is 2.30. The first-order valence-corrected chi connectivity index (χ1v) is 6.09. The molecule has 1 heterocycles. The van der Waals surface area contributed by atoms with Gasteiger partial charge in [-0.3, -0.25) is 5.41 Å². The molecule has 0 bridgehead atoms. The Labute approximate surface area is 109 Å². The molecule has 2 rings (SSSR count). The number of nitrogens with two attached hydrogens (primary N) is 1. The van der Waals surface area contributed by atoms with Crippen molar-refractivity contribution in [1.82, 2.24) is 4.98 Å². The van der Waals surface area contributed by atoms with Crippen LogP contribution in [0.2, 0.25) is 5.02 Å². The molecule has 0 saturated carbocycles. The third kappa shape index (κ3) is 2.99. The third-order valence-corrected chi connectivity index (χ3v) is 3.37. The third-order valence-electron chi connectivity index (χ3n) is 2.09. The minimum Gasteiger partial charge on any atom is -0.384 e. The zero-order chi connectivity index (χ0) is 12.3. The Morgan fingerprint density at radius 2 is 1.94 bits per heavy atom. The van der Waals surface area contributed by atoms with Gasteiger partial charge in [0.05, 0.1) is 0 Å². The second-order valence-electron chi connectivity index (χ2n) is 3.33. The molecule has 5 heteroatoms. The van der Waals surface area contributed by atoms with Gasteiger partial charge in [-0.15, -0.1) is 0 Å². The smallest absolute Gasteiger partial charge is 0.125 e. The molecule has 0 aliphatic heterocycles. The second kappa shape index (κ2) is 5.21. The molecule has 0 atom stereocenters. The summed E-state index contributed by atoms with van der Waals surface area (Å²) in [5.74, 6) is 0.0227. The van der Waals surface area contributed by atoms with Crippen molar-refractivity contribution >= 4 is 29.2 Å². The lowest BCUT2D eigenvalue weighted by molar-refractivity contribution is 1.11. The van der Waals surface area contributed by atoms with E-state index in [0.29, 0.717) is 10.6 Å². The number of nitrogens with one attached hydrogen (secondary N) is 1. The second-order valence-corrected chi connectivity index (χ2v) is 4.82. The maximum atomic E-state index is 7.48. The van der Waals surface area contributed by atoms with E-state index in [-0.39, 0.29) is 5.84 Å². The van der Waals surface area contributed by atoms with Crippen molar-refractivity contribution in [2.24, 2.45) is 5.73 Å². The summed E-state index contributed by atoms with van der Waals surface area (Å²) >= 11 is 7.28. The molecule has 3 N–H and O–H groups in total. The minimum atomic E-state index is 0.0227. The van der Waals surface area contributed by atoms with Gasteiger partial charge in [0.1, 0.15) is 10.9 Å². The molecule has 0 aliphatic rings. The van der Waals surface area contributed by atoms with Gasteiger partial charge in [-0.05, 0) is 36.4 Å². The van der Waals surface area contributed by atoms with Crippen molar-refractivity contribution in [3.63, 3.8) is 0 Å². The summed E-state index contributed by atoms with van der Waals surface area (Å²) in [5, 5.41) is 8.90. The number of amidine groups is 1. The summed E-state index contributed by atoms with van der Waals surface area (Å²) in [6.07, 6.45) is 1.69. The van der Waals surface area contributed by atoms with E-state index in [0.717, 1.165) is 9.92 Å². The quantitative estimate of drug-likeness (QED) is 0.660. The molecule has 1 aromatic carbocycles. The Kier molecular flexibility index (Phi) is 3.66. The van der Waals surface area contributed by atoms with Crippen LogP contribution in [0.1, 0.15) is 5.56 Å². The molecule has 0 saturated heterocycles. The maximum absolute atomic E-state index is 7.48. The summed E-state index contributed by atoms with van der Waals surface area (Å²) in [7, 11) is 0. The fourth-order valence-corrected chi connectivity index (χ4v) is 2.31. The molecule has 0 aliphatic carbocycles. The highest BCUT2D eigenvalue weighted by Gasteiger charge is 2.07. The summed E-state index contributed by atoms with van der Waals surface area (Å²) < 4.78 is 0. The van der Waals surface area contributed by atoms with Gasteiger partial charge >= 0.3 is 0 Å². The topological polar surface area (TPSA) is 62.8 Å². The number of rotatable bonds is 3. The SMILES string of the molecule is N=C(N)c1cccnc1Sc1ccc(Cl)cc1. The van der Waals surface area contributed by atoms with Crippen LogP contribution < -0.4 is 5.73 Å². The van der Waals surface area contributed by atoms with Crippen molar-refractivity contribution in [2.75, 3.05) is 0 Å². The van der Waals surface area contributed by atoms with E-state index in [1.54, 1.807) is 18.3 Å². The molecule has 2 aromatic rings. The largest absolute Gasteiger partial charge is 0.384 e. The normalized spacial score (nSPS) is 10.2. The first kappa shape index (κ1) is 12.0. The Morgan fingerprint density at radius 3 is 2.59 bits per heavy atom. The van der Waals surface area contributed by atoms with Crippen LogP contribution in [0.4, 0.5) is 0 Å². The number of nitrogens with zero attached hydrogens (tertiary/aromatic N) is 1. The van der Waals surface area contributed by atoms with E-state index < -0.39 is 0 Å². The predicted octanol–water partition coefficient (Wildman–Crippen LogP) is 3.17. The van der Waals surface area contributed by atoms with Crippen molar-refractivity contribution in [1.29, 1.82) is 5.41 Å². The van der Waals surface area contributed by atoms with Gasteiger partial charge < -0.3 is 5.73 Å². The Bertz CT molecular complexity index is 540. The Morgan fingerprint density at radius 1 is 1.24 bits per heavy atom. The molecule has 1 aromatic heterocycles. The molecule has 0 amide bonds. The van der Waals surface area contributed by atoms with E-state index >= 15 is 0 Å². The van der Waals surface area contributed by atoms with Gasteiger partial charge in [-0.25, -0.2) is 4.98 Å². The number of halogens is 1. The number of nitrogen functional groups attached to an aromatic ring is 1. The fraction of sp³-hybridized carbons (Fsp3) is 0. The molecule has 0 spiro atoms. The van der Waals surface area contributed by atoms with Crippen LogP contribution in [0.5, 0.6) is 0 Å². The van der Waals surface area contributed by atoms with Crippen molar-refractivity contribution in [2.45, 2.75) is 9.92 Å². The summed E-state index contributed by atoms with van der Waals surface area (Å²) in [6, 6.07) is 11.0. The van der Waals surface area contributed by atoms with Gasteiger partial charge in [0.25, 0.3) is 0 Å². The fourth-order valence-electron chi connectivity index (χ4n) is 1.29. The first-order chi connectivity index (χ1) is 8.16. The monoisotopic (exact) mass is 263 g/mol. The van der Waals surface area contributed by atoms with E-state index in [2.05, 4.69) is 4.98 Å². The van der Waals surface area contributed by atoms with E-state index in [1.807, 2.05) is 24.3 Å². The summed E-state index contributed by atoms with van der Waals surface area (Å²) in [6.45, 7) is 0. The lowest BCUT2D eigenvalue weighted by atomic mass is 10.3. The standard InChI is InChI=1S/C12H10ClN3S/c13-8-3-5-9(6-4-8)17-12-10(11(14)15)2-1-7-16-12/h1-7H,(H3,14,15). The highest BCUT2D eigenvalue weighted by atomic mass is 35.5. The first-order valence-electron chi connectivity index (χ1n) is 4.89. The van der Waals surface area contributed by atoms with Gasteiger partial charge in [-0.2, -0.15) is 0 Å². The lowest BCUT2D eigenvalue weighted by Gasteiger charge is -2.06. The van der Waals surface area contributed by atoms with Crippen molar-refractivity contribution in [3.05, 3.63) is 53.2 Å². The molecule has 86 valence electrons. The van der Waals surface area contributed by atoms with E-state index in [1.165, 1.54) is 11.8 Å². The van der Waals surface area contributed by atoms with Crippen LogP contribution in [0.15, 0.2) is 52.5 Å². The number of aromatic nitrogens is 1. The highest BCUT2D eigenvalue weighted by molar-refractivity contribution is 7.99. The summed E-state index contributed by atoms with van der Waals surface area (Å²) in [5.41, 5.74) is 6.15. The van der Waals surface area contributed by atoms with E-state index in [9.17, 15) is 0 Å². The average Bonchev–Trinajstić information content (AvgIpc) is 2.32. The Hall–Kier alpha value is -1.52.